The molecule has 9 heteroatoms. The van der Waals surface area contributed by atoms with Gasteiger partial charge in [-0.05, 0) is 19.1 Å². The smallest absolute Gasteiger partial charge is 0.269 e. The molecule has 0 aliphatic carbocycles. The molecular weight excluding hydrogens is 354 g/mol. The standard InChI is InChI=1S/C18H19N3O6/c1-13-18(16(22)6-11-26-13)27-12-17(23)20-9-7-19(8-10-20)14-2-4-15(5-3-14)21(24)25/h2-6,11H,7-10,12H2,1H3. The van der Waals surface area contributed by atoms with Gasteiger partial charge in [-0.2, -0.15) is 0 Å². The highest BCUT2D eigenvalue weighted by Gasteiger charge is 2.22. The molecule has 1 aliphatic rings. The zero-order chi connectivity index (χ0) is 19.4. The van der Waals surface area contributed by atoms with E-state index in [0.29, 0.717) is 31.9 Å². The van der Waals surface area contributed by atoms with Gasteiger partial charge in [0.25, 0.3) is 11.6 Å². The lowest BCUT2D eigenvalue weighted by molar-refractivity contribution is -0.384. The molecular formula is C18H19N3O6. The number of nitrogens with zero attached hydrogens (tertiary/aromatic N) is 3. The van der Waals surface area contributed by atoms with Crippen LogP contribution in [-0.4, -0.2) is 48.5 Å². The van der Waals surface area contributed by atoms with Crippen molar-refractivity contribution >= 4 is 17.3 Å². The van der Waals surface area contributed by atoms with E-state index in [1.807, 2.05) is 0 Å². The summed E-state index contributed by atoms with van der Waals surface area (Å²) in [6, 6.07) is 7.59. The van der Waals surface area contributed by atoms with Crippen LogP contribution in [0.5, 0.6) is 5.75 Å². The number of ether oxygens (including phenoxy) is 1. The zero-order valence-corrected chi connectivity index (χ0v) is 14.8. The number of carbonyl (C=O) groups excluding carboxylic acids is 1. The lowest BCUT2D eigenvalue weighted by Crippen LogP contribution is -2.50. The Morgan fingerprint density at radius 1 is 1.19 bits per heavy atom. The third kappa shape index (κ3) is 4.25. The van der Waals surface area contributed by atoms with Crippen LogP contribution in [0.4, 0.5) is 11.4 Å². The number of piperazine rings is 1. The Kier molecular flexibility index (Phi) is 5.39. The molecule has 1 amide bonds. The van der Waals surface area contributed by atoms with Gasteiger partial charge in [0, 0.05) is 50.1 Å². The second-order valence-corrected chi connectivity index (χ2v) is 6.10. The molecule has 1 saturated heterocycles. The van der Waals surface area contributed by atoms with Crippen LogP contribution in [0.25, 0.3) is 0 Å². The Hall–Kier alpha value is -3.36. The number of nitro groups is 1. The molecule has 1 aromatic carbocycles. The van der Waals surface area contributed by atoms with Gasteiger partial charge in [-0.1, -0.05) is 0 Å². The maximum atomic E-state index is 12.3. The predicted octanol–water partition coefficient (Wildman–Crippen LogP) is 1.58. The maximum absolute atomic E-state index is 12.3. The number of nitro benzene ring substituents is 1. The SMILES string of the molecule is Cc1occc(=O)c1OCC(=O)N1CCN(c2ccc([N+](=O)[O-])cc2)CC1. The highest BCUT2D eigenvalue weighted by Crippen LogP contribution is 2.20. The summed E-state index contributed by atoms with van der Waals surface area (Å²) in [5.41, 5.74) is 0.599. The van der Waals surface area contributed by atoms with E-state index in [4.69, 9.17) is 9.15 Å². The average molecular weight is 373 g/mol. The summed E-state index contributed by atoms with van der Waals surface area (Å²) in [5, 5.41) is 10.7. The Labute approximate surface area is 154 Å². The normalized spacial score (nSPS) is 14.1. The molecule has 0 unspecified atom stereocenters. The molecule has 1 fully saturated rings. The number of rotatable bonds is 5. The van der Waals surface area contributed by atoms with Crippen molar-refractivity contribution in [3.05, 3.63) is 62.7 Å². The van der Waals surface area contributed by atoms with Gasteiger partial charge in [0.05, 0.1) is 11.2 Å². The molecule has 0 N–H and O–H groups in total. The zero-order valence-electron chi connectivity index (χ0n) is 14.8. The second kappa shape index (κ2) is 7.90. The summed E-state index contributed by atoms with van der Waals surface area (Å²) in [7, 11) is 0. The van der Waals surface area contributed by atoms with Crippen LogP contribution in [0.2, 0.25) is 0 Å². The van der Waals surface area contributed by atoms with E-state index in [2.05, 4.69) is 4.90 Å². The lowest BCUT2D eigenvalue weighted by atomic mass is 10.2. The number of hydrogen-bond donors (Lipinski definition) is 0. The van der Waals surface area contributed by atoms with Crippen LogP contribution in [0.1, 0.15) is 5.76 Å². The highest BCUT2D eigenvalue weighted by molar-refractivity contribution is 5.78. The summed E-state index contributed by atoms with van der Waals surface area (Å²) in [4.78, 5) is 38.1. The fourth-order valence-electron chi connectivity index (χ4n) is 2.90. The van der Waals surface area contributed by atoms with E-state index in [9.17, 15) is 19.7 Å². The number of non-ortho nitro benzene ring substituents is 1. The van der Waals surface area contributed by atoms with Crippen molar-refractivity contribution < 1.29 is 18.9 Å². The monoisotopic (exact) mass is 373 g/mol. The molecule has 142 valence electrons. The summed E-state index contributed by atoms with van der Waals surface area (Å²) in [6.07, 6.45) is 1.28. The van der Waals surface area contributed by atoms with Gasteiger partial charge >= 0.3 is 0 Å². The van der Waals surface area contributed by atoms with Crippen molar-refractivity contribution in [3.63, 3.8) is 0 Å². The topological polar surface area (TPSA) is 106 Å². The first-order chi connectivity index (χ1) is 13.0. The van der Waals surface area contributed by atoms with Crippen molar-refractivity contribution in [1.29, 1.82) is 0 Å². The molecule has 0 bridgehead atoms. The van der Waals surface area contributed by atoms with Gasteiger partial charge in [-0.3, -0.25) is 19.7 Å². The van der Waals surface area contributed by atoms with E-state index in [1.54, 1.807) is 24.0 Å². The quantitative estimate of drug-likeness (QED) is 0.579. The van der Waals surface area contributed by atoms with Gasteiger partial charge in [0.1, 0.15) is 5.76 Å². The number of aryl methyl sites for hydroxylation is 1. The Bertz CT molecular complexity index is 885. The summed E-state index contributed by atoms with van der Waals surface area (Å²) < 4.78 is 10.5. The number of anilines is 1. The molecule has 0 radical (unpaired) electrons. The average Bonchev–Trinajstić information content (AvgIpc) is 2.67. The summed E-state index contributed by atoms with van der Waals surface area (Å²) in [6.45, 7) is 3.59. The molecule has 0 spiro atoms. The Morgan fingerprint density at radius 2 is 1.85 bits per heavy atom. The molecule has 1 aromatic heterocycles. The molecule has 0 saturated carbocycles. The molecule has 9 nitrogen and oxygen atoms in total. The molecule has 3 rings (SSSR count). The Morgan fingerprint density at radius 3 is 2.44 bits per heavy atom. The van der Waals surface area contributed by atoms with Gasteiger partial charge in [-0.15, -0.1) is 0 Å². The number of amides is 1. The molecule has 2 heterocycles. The maximum Gasteiger partial charge on any atom is 0.269 e. The van der Waals surface area contributed by atoms with Gasteiger partial charge in [0.15, 0.2) is 6.61 Å². The van der Waals surface area contributed by atoms with E-state index in [1.165, 1.54) is 24.5 Å². The third-order valence-electron chi connectivity index (χ3n) is 4.41. The Balaban J connectivity index is 1.53. The second-order valence-electron chi connectivity index (χ2n) is 6.10. The van der Waals surface area contributed by atoms with Crippen LogP contribution in [0.3, 0.4) is 0 Å². The molecule has 2 aromatic rings. The number of hydrogen-bond acceptors (Lipinski definition) is 7. The van der Waals surface area contributed by atoms with Crippen LogP contribution >= 0.6 is 0 Å². The third-order valence-corrected chi connectivity index (χ3v) is 4.41. The minimum absolute atomic E-state index is 0.0467. The van der Waals surface area contributed by atoms with Crippen LogP contribution in [-0.2, 0) is 4.79 Å². The van der Waals surface area contributed by atoms with Crippen molar-refractivity contribution in [2.24, 2.45) is 0 Å². The van der Waals surface area contributed by atoms with Crippen molar-refractivity contribution in [2.75, 3.05) is 37.7 Å². The molecule has 1 aliphatic heterocycles. The fraction of sp³-hybridized carbons (Fsp3) is 0.333. The van der Waals surface area contributed by atoms with E-state index < -0.39 is 4.92 Å². The van der Waals surface area contributed by atoms with E-state index in [0.717, 1.165) is 5.69 Å². The predicted molar refractivity (Wildman–Crippen MR) is 97.1 cm³/mol. The number of carbonyl (C=O) groups is 1. The van der Waals surface area contributed by atoms with Crippen molar-refractivity contribution in [1.82, 2.24) is 4.90 Å². The summed E-state index contributed by atoms with van der Waals surface area (Å²) in [5.74, 6) is 0.176. The minimum Gasteiger partial charge on any atom is -0.476 e. The first-order valence-electron chi connectivity index (χ1n) is 8.44. The van der Waals surface area contributed by atoms with Gasteiger partial charge in [-0.25, -0.2) is 0 Å². The first kappa shape index (κ1) is 18.4. The fourth-order valence-corrected chi connectivity index (χ4v) is 2.90. The lowest BCUT2D eigenvalue weighted by Gasteiger charge is -2.36. The van der Waals surface area contributed by atoms with Crippen LogP contribution < -0.4 is 15.1 Å². The highest BCUT2D eigenvalue weighted by atomic mass is 16.6. The van der Waals surface area contributed by atoms with Crippen molar-refractivity contribution in [2.45, 2.75) is 6.92 Å². The minimum atomic E-state index is -0.435. The number of benzene rings is 1. The summed E-state index contributed by atoms with van der Waals surface area (Å²) >= 11 is 0. The molecule has 0 atom stereocenters. The molecule has 27 heavy (non-hydrogen) atoms. The van der Waals surface area contributed by atoms with E-state index in [-0.39, 0.29) is 29.4 Å². The van der Waals surface area contributed by atoms with Crippen LogP contribution in [0, 0.1) is 17.0 Å². The van der Waals surface area contributed by atoms with Crippen molar-refractivity contribution in [3.8, 4) is 5.75 Å². The van der Waals surface area contributed by atoms with Gasteiger partial charge in [0.2, 0.25) is 11.2 Å². The first-order valence-corrected chi connectivity index (χ1v) is 8.44. The van der Waals surface area contributed by atoms with E-state index >= 15 is 0 Å². The largest absolute Gasteiger partial charge is 0.476 e. The van der Waals surface area contributed by atoms with Gasteiger partial charge < -0.3 is 19.0 Å². The van der Waals surface area contributed by atoms with Crippen LogP contribution in [0.15, 0.2) is 45.8 Å².